The van der Waals surface area contributed by atoms with E-state index in [0.717, 1.165) is 9.78 Å². The zero-order valence-corrected chi connectivity index (χ0v) is 12.8. The van der Waals surface area contributed by atoms with E-state index in [-0.39, 0.29) is 17.9 Å². The molecule has 4 atom stereocenters. The molecule has 1 aromatic rings. The predicted molar refractivity (Wildman–Crippen MR) is 75.4 cm³/mol. The zero-order chi connectivity index (χ0) is 15.4. The molecule has 0 aromatic carbocycles. The molecule has 2 fully saturated rings. The van der Waals surface area contributed by atoms with Gasteiger partial charge in [0.05, 0.1) is 25.0 Å². The van der Waals surface area contributed by atoms with Gasteiger partial charge in [-0.3, -0.25) is 24.6 Å². The maximum absolute atomic E-state index is 12.4. The van der Waals surface area contributed by atoms with Gasteiger partial charge in [0.25, 0.3) is 0 Å². The molecule has 0 aliphatic carbocycles. The number of carbonyl (C=O) groups excluding carboxylic acids is 3. The molecule has 0 bridgehead atoms. The maximum Gasteiger partial charge on any atom is 0.326 e. The molecular weight excluding hydrogens is 292 g/mol. The number of nitrogens with zero attached hydrogens (tertiary/aromatic N) is 1. The van der Waals surface area contributed by atoms with Crippen molar-refractivity contribution < 1.29 is 19.1 Å². The number of imide groups is 1. The number of hydrogen-bond donors (Lipinski definition) is 1. The highest BCUT2D eigenvalue weighted by molar-refractivity contribution is 7.10. The van der Waals surface area contributed by atoms with Crippen LogP contribution in [0.4, 0.5) is 0 Å². The first kappa shape index (κ1) is 14.2. The summed E-state index contributed by atoms with van der Waals surface area (Å²) in [5.74, 6) is -2.39. The highest BCUT2D eigenvalue weighted by Crippen LogP contribution is 2.49. The Labute approximate surface area is 126 Å². The van der Waals surface area contributed by atoms with Crippen LogP contribution in [-0.4, -0.2) is 42.4 Å². The van der Waals surface area contributed by atoms with Crippen LogP contribution in [0.25, 0.3) is 0 Å². The van der Waals surface area contributed by atoms with E-state index >= 15 is 0 Å². The number of nitrogens with one attached hydrogen (secondary N) is 1. The van der Waals surface area contributed by atoms with Crippen LogP contribution in [-0.2, 0) is 19.1 Å². The summed E-state index contributed by atoms with van der Waals surface area (Å²) in [6, 6.07) is 3.44. The van der Waals surface area contributed by atoms with Gasteiger partial charge in [-0.15, -0.1) is 11.3 Å². The van der Waals surface area contributed by atoms with Crippen molar-refractivity contribution in [3.8, 4) is 0 Å². The van der Waals surface area contributed by atoms with E-state index in [4.69, 9.17) is 4.74 Å². The van der Waals surface area contributed by atoms with Crippen LogP contribution in [0.3, 0.4) is 0 Å². The zero-order valence-electron chi connectivity index (χ0n) is 12.0. The Morgan fingerprint density at radius 1 is 1.43 bits per heavy atom. The molecule has 0 unspecified atom stereocenters. The number of likely N-dealkylation sites (tertiary alicyclic amines) is 1. The molecule has 7 heteroatoms. The number of carbonyl (C=O) groups is 3. The molecule has 0 saturated carbocycles. The standard InChI is InChI=1S/C14H16N2O4S/c1-14(13(19)20-3)9-8(11(17)16(2)12(9)18)10(15-14)7-5-4-6-21-7/h4-6,8-10,15H,1-3H3/t8-,9-,10-,14-/m0/s1. The molecule has 21 heavy (non-hydrogen) atoms. The number of hydrogen-bond acceptors (Lipinski definition) is 6. The Morgan fingerprint density at radius 3 is 2.71 bits per heavy atom. The summed E-state index contributed by atoms with van der Waals surface area (Å²) in [6.45, 7) is 1.63. The van der Waals surface area contributed by atoms with Crippen molar-refractivity contribution >= 4 is 29.1 Å². The van der Waals surface area contributed by atoms with Crippen molar-refractivity contribution in [3.63, 3.8) is 0 Å². The fourth-order valence-corrected chi connectivity index (χ4v) is 4.22. The lowest BCUT2D eigenvalue weighted by atomic mass is 9.81. The third-order valence-corrected chi connectivity index (χ3v) is 5.42. The summed E-state index contributed by atoms with van der Waals surface area (Å²) >= 11 is 1.50. The van der Waals surface area contributed by atoms with Gasteiger partial charge >= 0.3 is 5.97 Å². The second-order valence-electron chi connectivity index (χ2n) is 5.57. The number of rotatable bonds is 2. The number of fused-ring (bicyclic) bond motifs is 1. The topological polar surface area (TPSA) is 75.7 Å². The van der Waals surface area contributed by atoms with E-state index in [1.165, 1.54) is 25.5 Å². The highest BCUT2D eigenvalue weighted by Gasteiger charge is 2.66. The normalized spacial score (nSPS) is 35.2. The van der Waals surface area contributed by atoms with Gasteiger partial charge in [0.15, 0.2) is 0 Å². The Morgan fingerprint density at radius 2 is 2.14 bits per heavy atom. The number of methoxy groups -OCH3 is 1. The first-order valence-corrected chi connectivity index (χ1v) is 7.50. The summed E-state index contributed by atoms with van der Waals surface area (Å²) < 4.78 is 4.85. The average molecular weight is 308 g/mol. The summed E-state index contributed by atoms with van der Waals surface area (Å²) in [5.41, 5.74) is -1.19. The number of amides is 2. The minimum Gasteiger partial charge on any atom is -0.468 e. The lowest BCUT2D eigenvalue weighted by Crippen LogP contribution is -2.53. The van der Waals surface area contributed by atoms with E-state index in [9.17, 15) is 14.4 Å². The van der Waals surface area contributed by atoms with Gasteiger partial charge in [0.2, 0.25) is 11.8 Å². The van der Waals surface area contributed by atoms with Crippen LogP contribution >= 0.6 is 11.3 Å². The van der Waals surface area contributed by atoms with E-state index in [1.807, 2.05) is 17.5 Å². The van der Waals surface area contributed by atoms with Gasteiger partial charge < -0.3 is 4.74 Å². The molecule has 1 aromatic heterocycles. The summed E-state index contributed by atoms with van der Waals surface area (Å²) in [6.07, 6.45) is 0. The molecule has 6 nitrogen and oxygen atoms in total. The molecule has 2 aliphatic heterocycles. The fourth-order valence-electron chi connectivity index (χ4n) is 3.39. The van der Waals surface area contributed by atoms with Gasteiger partial charge in [0.1, 0.15) is 5.54 Å². The second kappa shape index (κ2) is 4.64. The third kappa shape index (κ3) is 1.77. The van der Waals surface area contributed by atoms with Crippen LogP contribution in [0.5, 0.6) is 0 Å². The molecule has 2 amide bonds. The summed E-state index contributed by atoms with van der Waals surface area (Å²) in [4.78, 5) is 39.1. The van der Waals surface area contributed by atoms with E-state index in [0.29, 0.717) is 0 Å². The number of esters is 1. The van der Waals surface area contributed by atoms with E-state index in [2.05, 4.69) is 5.32 Å². The maximum atomic E-state index is 12.4. The minimum absolute atomic E-state index is 0.247. The van der Waals surface area contributed by atoms with Crippen molar-refractivity contribution in [1.82, 2.24) is 10.2 Å². The Hall–Kier alpha value is -1.73. The van der Waals surface area contributed by atoms with Crippen LogP contribution in [0.1, 0.15) is 17.8 Å². The van der Waals surface area contributed by atoms with Crippen molar-refractivity contribution in [3.05, 3.63) is 22.4 Å². The molecule has 0 radical (unpaired) electrons. The molecule has 2 aliphatic rings. The van der Waals surface area contributed by atoms with E-state index in [1.54, 1.807) is 6.92 Å². The molecular formula is C14H16N2O4S. The lowest BCUT2D eigenvalue weighted by Gasteiger charge is -2.27. The molecule has 3 rings (SSSR count). The average Bonchev–Trinajstić information content (AvgIpc) is 3.14. The van der Waals surface area contributed by atoms with Crippen molar-refractivity contribution in [2.75, 3.05) is 14.2 Å². The van der Waals surface area contributed by atoms with Crippen LogP contribution in [0.2, 0.25) is 0 Å². The fraction of sp³-hybridized carbons (Fsp3) is 0.500. The smallest absolute Gasteiger partial charge is 0.326 e. The molecule has 1 N–H and O–H groups in total. The van der Waals surface area contributed by atoms with E-state index < -0.39 is 23.3 Å². The van der Waals surface area contributed by atoms with Crippen LogP contribution < -0.4 is 5.32 Å². The Bertz CT molecular complexity index is 615. The van der Waals surface area contributed by atoms with Gasteiger partial charge in [-0.2, -0.15) is 0 Å². The Balaban J connectivity index is 2.10. The third-order valence-electron chi connectivity index (χ3n) is 4.47. The van der Waals surface area contributed by atoms with Crippen molar-refractivity contribution in [2.24, 2.45) is 11.8 Å². The molecule has 0 spiro atoms. The summed E-state index contributed by atoms with van der Waals surface area (Å²) in [5, 5.41) is 5.08. The van der Waals surface area contributed by atoms with Gasteiger partial charge in [-0.05, 0) is 18.4 Å². The Kier molecular flexibility index (Phi) is 3.14. The summed E-state index contributed by atoms with van der Waals surface area (Å²) in [7, 11) is 2.75. The largest absolute Gasteiger partial charge is 0.468 e. The van der Waals surface area contributed by atoms with Gasteiger partial charge in [0, 0.05) is 11.9 Å². The van der Waals surface area contributed by atoms with Gasteiger partial charge in [-0.25, -0.2) is 0 Å². The first-order chi connectivity index (χ1) is 9.91. The minimum atomic E-state index is -1.19. The van der Waals surface area contributed by atoms with Crippen molar-refractivity contribution in [2.45, 2.75) is 18.5 Å². The number of thiophene rings is 1. The lowest BCUT2D eigenvalue weighted by molar-refractivity contribution is -0.152. The van der Waals surface area contributed by atoms with Crippen LogP contribution in [0, 0.1) is 11.8 Å². The SMILES string of the molecule is COC(=O)[C@@]1(C)N[C@@H](c2cccs2)[C@H]2C(=O)N(C)C(=O)[C@H]21. The predicted octanol–water partition coefficient (Wildman–Crippen LogP) is 0.555. The second-order valence-corrected chi connectivity index (χ2v) is 6.55. The first-order valence-electron chi connectivity index (χ1n) is 6.62. The number of ether oxygens (including phenoxy) is 1. The highest BCUT2D eigenvalue weighted by atomic mass is 32.1. The quantitative estimate of drug-likeness (QED) is 0.638. The molecule has 112 valence electrons. The molecule has 2 saturated heterocycles. The molecule has 3 heterocycles. The monoisotopic (exact) mass is 308 g/mol. The van der Waals surface area contributed by atoms with Gasteiger partial charge in [-0.1, -0.05) is 6.07 Å². The van der Waals surface area contributed by atoms with Crippen molar-refractivity contribution in [1.29, 1.82) is 0 Å². The van der Waals surface area contributed by atoms with Crippen LogP contribution in [0.15, 0.2) is 17.5 Å².